The molecule has 0 aliphatic heterocycles. The minimum atomic E-state index is -2.59. The Kier molecular flexibility index (Phi) is 7.77. The summed E-state index contributed by atoms with van der Waals surface area (Å²) in [6.45, 7) is 7.32. The van der Waals surface area contributed by atoms with Gasteiger partial charge >= 0.3 is 6.03 Å². The van der Waals surface area contributed by atoms with Crippen LogP contribution < -0.4 is 15.5 Å². The van der Waals surface area contributed by atoms with Gasteiger partial charge in [-0.25, -0.2) is 18.7 Å². The van der Waals surface area contributed by atoms with Crippen LogP contribution in [0.3, 0.4) is 0 Å². The number of alkyl halides is 2. The van der Waals surface area contributed by atoms with Crippen LogP contribution in [0.1, 0.15) is 32.3 Å². The number of amides is 2. The van der Waals surface area contributed by atoms with E-state index < -0.39 is 12.0 Å². The zero-order chi connectivity index (χ0) is 28.3. The van der Waals surface area contributed by atoms with Gasteiger partial charge in [0.1, 0.15) is 0 Å². The number of rotatable bonds is 9. The summed E-state index contributed by atoms with van der Waals surface area (Å²) in [5.74, 6) is -1.89. The van der Waals surface area contributed by atoms with E-state index in [1.165, 1.54) is 0 Å². The van der Waals surface area contributed by atoms with Gasteiger partial charge in [0.2, 0.25) is 5.92 Å². The van der Waals surface area contributed by atoms with Gasteiger partial charge in [0.25, 0.3) is 0 Å². The van der Waals surface area contributed by atoms with Gasteiger partial charge in [-0.1, -0.05) is 61.9 Å². The number of urea groups is 1. The smallest absolute Gasteiger partial charge is 0.323 e. The molecule has 1 aliphatic carbocycles. The fraction of sp³-hybridized carbons (Fsp3) is 0.333. The summed E-state index contributed by atoms with van der Waals surface area (Å²) in [5.41, 5.74) is 5.66. The summed E-state index contributed by atoms with van der Waals surface area (Å²) in [7, 11) is 0. The number of carbonyl (C=O) groups is 1. The maximum atomic E-state index is 13.7. The number of anilines is 3. The second kappa shape index (κ2) is 11.4. The third kappa shape index (κ3) is 6.44. The summed E-state index contributed by atoms with van der Waals surface area (Å²) >= 11 is 0. The summed E-state index contributed by atoms with van der Waals surface area (Å²) in [6.07, 6.45) is -0.232. The lowest BCUT2D eigenvalue weighted by Gasteiger charge is -2.40. The molecule has 40 heavy (non-hydrogen) atoms. The van der Waals surface area contributed by atoms with Gasteiger partial charge in [0.15, 0.2) is 5.82 Å². The van der Waals surface area contributed by atoms with E-state index >= 15 is 0 Å². The van der Waals surface area contributed by atoms with Crippen LogP contribution in [0.4, 0.5) is 30.6 Å². The lowest BCUT2D eigenvalue weighted by atomic mass is 9.81. The molecule has 3 N–H and O–H groups in total. The number of carbonyl (C=O) groups excluding carboxylic acids is 1. The summed E-state index contributed by atoms with van der Waals surface area (Å²) in [4.78, 5) is 15.3. The van der Waals surface area contributed by atoms with E-state index in [4.69, 9.17) is 0 Å². The average Bonchev–Trinajstić information content (AvgIpc) is 3.43. The normalized spacial score (nSPS) is 14.6. The number of halogens is 2. The highest BCUT2D eigenvalue weighted by Gasteiger charge is 2.45. The van der Waals surface area contributed by atoms with Crippen LogP contribution in [-0.2, 0) is 0 Å². The third-order valence-electron chi connectivity index (χ3n) is 6.97. The fourth-order valence-electron chi connectivity index (χ4n) is 5.15. The second-order valence-electron chi connectivity index (χ2n) is 10.9. The Morgan fingerprint density at radius 3 is 2.42 bits per heavy atom. The van der Waals surface area contributed by atoms with Gasteiger partial charge in [-0.2, -0.15) is 0 Å². The number of benzene rings is 3. The van der Waals surface area contributed by atoms with Crippen molar-refractivity contribution in [2.75, 3.05) is 28.6 Å². The number of tetrazole rings is 1. The number of nitrogens with one attached hydrogen (secondary N) is 3. The van der Waals surface area contributed by atoms with Gasteiger partial charge in [-0.05, 0) is 64.6 Å². The summed E-state index contributed by atoms with van der Waals surface area (Å²) in [5, 5.41) is 20.2. The summed E-state index contributed by atoms with van der Waals surface area (Å²) in [6, 6.07) is 20.7. The number of aromatic nitrogens is 4. The maximum absolute atomic E-state index is 13.7. The van der Waals surface area contributed by atoms with Crippen LogP contribution in [0.25, 0.3) is 22.5 Å². The molecule has 1 saturated carbocycles. The second-order valence-corrected chi connectivity index (χ2v) is 10.9. The molecular formula is C30H33F2N7O. The van der Waals surface area contributed by atoms with E-state index in [9.17, 15) is 13.6 Å². The van der Waals surface area contributed by atoms with E-state index in [1.54, 1.807) is 0 Å². The van der Waals surface area contributed by atoms with Crippen molar-refractivity contribution in [1.82, 2.24) is 20.6 Å². The van der Waals surface area contributed by atoms with Gasteiger partial charge in [0, 0.05) is 37.2 Å². The van der Waals surface area contributed by atoms with E-state index in [-0.39, 0.29) is 24.7 Å². The van der Waals surface area contributed by atoms with E-state index in [0.717, 1.165) is 27.9 Å². The zero-order valence-corrected chi connectivity index (χ0v) is 22.8. The molecule has 1 aromatic heterocycles. The first-order valence-electron chi connectivity index (χ1n) is 13.4. The van der Waals surface area contributed by atoms with Crippen molar-refractivity contribution in [3.8, 4) is 22.5 Å². The lowest BCUT2D eigenvalue weighted by Crippen LogP contribution is -2.44. The molecule has 1 heterocycles. The highest BCUT2D eigenvalue weighted by molar-refractivity contribution is 6.02. The van der Waals surface area contributed by atoms with Crippen molar-refractivity contribution in [3.63, 3.8) is 0 Å². The van der Waals surface area contributed by atoms with Crippen LogP contribution in [0.5, 0.6) is 0 Å². The molecule has 4 aromatic rings. The van der Waals surface area contributed by atoms with Crippen molar-refractivity contribution >= 4 is 23.1 Å². The van der Waals surface area contributed by atoms with E-state index in [0.29, 0.717) is 30.3 Å². The summed E-state index contributed by atoms with van der Waals surface area (Å²) < 4.78 is 27.4. The van der Waals surface area contributed by atoms with Crippen LogP contribution >= 0.6 is 0 Å². The Hall–Kier alpha value is -4.34. The predicted octanol–water partition coefficient (Wildman–Crippen LogP) is 6.99. The zero-order valence-electron chi connectivity index (χ0n) is 22.8. The molecule has 8 nitrogen and oxygen atoms in total. The number of nitrogens with zero attached hydrogens (tertiary/aromatic N) is 4. The first kappa shape index (κ1) is 27.2. The average molecular weight is 546 g/mol. The van der Waals surface area contributed by atoms with Gasteiger partial charge in [-0.15, -0.1) is 5.10 Å². The molecule has 5 rings (SSSR count). The topological polar surface area (TPSA) is 98.8 Å². The molecular weight excluding hydrogens is 512 g/mol. The molecule has 0 unspecified atom stereocenters. The highest BCUT2D eigenvalue weighted by Crippen LogP contribution is 2.44. The highest BCUT2D eigenvalue weighted by atomic mass is 19.3. The largest absolute Gasteiger partial charge is 0.369 e. The number of aryl methyl sites for hydroxylation is 1. The molecule has 0 radical (unpaired) electrons. The van der Waals surface area contributed by atoms with Gasteiger partial charge in [0.05, 0.1) is 11.4 Å². The van der Waals surface area contributed by atoms with Crippen LogP contribution in [0, 0.1) is 18.8 Å². The van der Waals surface area contributed by atoms with Crippen molar-refractivity contribution in [2.24, 2.45) is 11.8 Å². The molecule has 1 aliphatic rings. The minimum Gasteiger partial charge on any atom is -0.369 e. The monoisotopic (exact) mass is 545 g/mol. The molecule has 0 saturated heterocycles. The molecule has 1 fully saturated rings. The van der Waals surface area contributed by atoms with Crippen molar-refractivity contribution in [1.29, 1.82) is 0 Å². The molecule has 0 spiro atoms. The quantitative estimate of drug-likeness (QED) is 0.210. The van der Waals surface area contributed by atoms with Crippen molar-refractivity contribution < 1.29 is 13.6 Å². The third-order valence-corrected chi connectivity index (χ3v) is 6.97. The molecule has 0 atom stereocenters. The fourth-order valence-corrected chi connectivity index (χ4v) is 5.15. The standard InChI is InChI=1S/C30H33F2N7O/c1-19(2)17-39(18-21-15-30(31,32)16-21)27-13-10-22(24-6-4-5-7-25(24)28-35-37-38-36-28)14-26(27)34-29(40)33-23-11-8-20(3)9-12-23/h4-14,19,21H,15-18H2,1-3H3,(H2,33,34,40)(H,35,36,37,38). The van der Waals surface area contributed by atoms with Gasteiger partial charge in [-0.3, -0.25) is 0 Å². The maximum Gasteiger partial charge on any atom is 0.323 e. The Morgan fingerprint density at radius 2 is 1.77 bits per heavy atom. The van der Waals surface area contributed by atoms with Crippen molar-refractivity contribution in [3.05, 3.63) is 72.3 Å². The predicted molar refractivity (Wildman–Crippen MR) is 154 cm³/mol. The minimum absolute atomic E-state index is 0.109. The van der Waals surface area contributed by atoms with Crippen LogP contribution in [0.15, 0.2) is 66.7 Å². The van der Waals surface area contributed by atoms with E-state index in [2.05, 4.69) is 50.0 Å². The molecule has 208 valence electrons. The van der Waals surface area contributed by atoms with Crippen molar-refractivity contribution in [2.45, 2.75) is 39.5 Å². The molecule has 2 amide bonds. The Labute approximate surface area is 232 Å². The first-order chi connectivity index (χ1) is 19.2. The molecule has 10 heteroatoms. The lowest BCUT2D eigenvalue weighted by molar-refractivity contribution is -0.107. The number of aromatic amines is 1. The molecule has 0 bridgehead atoms. The van der Waals surface area contributed by atoms with E-state index in [1.807, 2.05) is 73.7 Å². The van der Waals surface area contributed by atoms with Gasteiger partial charge < -0.3 is 15.5 Å². The van der Waals surface area contributed by atoms with Crippen LogP contribution in [-0.4, -0.2) is 45.7 Å². The number of hydrogen-bond acceptors (Lipinski definition) is 5. The Bertz CT molecular complexity index is 1450. The SMILES string of the molecule is Cc1ccc(NC(=O)Nc2cc(-c3ccccc3-c3nnn[nH]3)ccc2N(CC(C)C)CC2CC(F)(F)C2)cc1. The number of hydrogen-bond donors (Lipinski definition) is 3. The first-order valence-corrected chi connectivity index (χ1v) is 13.4. The Morgan fingerprint density at radius 1 is 1.05 bits per heavy atom. The van der Waals surface area contributed by atoms with Crippen LogP contribution in [0.2, 0.25) is 0 Å². The Balaban J connectivity index is 1.51. The molecule has 3 aromatic carbocycles. The number of H-pyrrole nitrogens is 1.